The molecule has 0 aliphatic heterocycles. The van der Waals surface area contributed by atoms with Gasteiger partial charge in [0, 0.05) is 12.6 Å². The maximum Gasteiger partial charge on any atom is 0.433 e. The highest BCUT2D eigenvalue weighted by molar-refractivity contribution is 6.28. The summed E-state index contributed by atoms with van der Waals surface area (Å²) in [6, 6.07) is 0.734. The van der Waals surface area contributed by atoms with Gasteiger partial charge in [-0.2, -0.15) is 18.2 Å². The minimum atomic E-state index is -4.57. The fourth-order valence-corrected chi connectivity index (χ4v) is 1.53. The molecular formula is C10H13ClF3N3O. The maximum absolute atomic E-state index is 12.5. The molecule has 0 saturated carbocycles. The Morgan fingerprint density at radius 3 is 2.50 bits per heavy atom. The standard InChI is InChI=1S/C10H13ClF3N3O/c1-6(5-17(2)3)18-8-4-7(10(12,13)14)15-9(11)16-8/h4,6H,5H2,1-3H3. The summed E-state index contributed by atoms with van der Waals surface area (Å²) in [5.74, 6) is -0.184. The SMILES string of the molecule is CC(CN(C)C)Oc1cc(C(F)(F)F)nc(Cl)n1. The van der Waals surface area contributed by atoms with Crippen LogP contribution in [0.1, 0.15) is 12.6 Å². The third-order valence-electron chi connectivity index (χ3n) is 1.91. The molecule has 0 bridgehead atoms. The number of halogens is 4. The lowest BCUT2D eigenvalue weighted by molar-refractivity contribution is -0.141. The first-order chi connectivity index (χ1) is 8.18. The lowest BCUT2D eigenvalue weighted by Crippen LogP contribution is -2.28. The fourth-order valence-electron chi connectivity index (χ4n) is 1.36. The molecule has 1 aromatic heterocycles. The van der Waals surface area contributed by atoms with E-state index in [1.54, 1.807) is 6.92 Å². The number of hydrogen-bond acceptors (Lipinski definition) is 4. The molecule has 0 fully saturated rings. The van der Waals surface area contributed by atoms with Crippen molar-refractivity contribution < 1.29 is 17.9 Å². The number of rotatable bonds is 4. The quantitative estimate of drug-likeness (QED) is 0.796. The number of likely N-dealkylation sites (N-methyl/N-ethyl adjacent to an activating group) is 1. The van der Waals surface area contributed by atoms with E-state index in [1.807, 2.05) is 19.0 Å². The second-order valence-corrected chi connectivity index (χ2v) is 4.39. The van der Waals surface area contributed by atoms with Gasteiger partial charge in [-0.25, -0.2) is 4.98 Å². The average molecular weight is 284 g/mol. The van der Waals surface area contributed by atoms with Crippen LogP contribution in [0.2, 0.25) is 5.28 Å². The van der Waals surface area contributed by atoms with Gasteiger partial charge < -0.3 is 9.64 Å². The largest absolute Gasteiger partial charge is 0.473 e. The van der Waals surface area contributed by atoms with Crippen LogP contribution in [0.5, 0.6) is 5.88 Å². The van der Waals surface area contributed by atoms with Crippen LogP contribution >= 0.6 is 11.6 Å². The van der Waals surface area contributed by atoms with Crippen LogP contribution in [-0.4, -0.2) is 41.6 Å². The number of hydrogen-bond donors (Lipinski definition) is 0. The molecule has 1 unspecified atom stereocenters. The van der Waals surface area contributed by atoms with Crippen molar-refractivity contribution >= 4 is 11.6 Å². The van der Waals surface area contributed by atoms with Crippen LogP contribution in [-0.2, 0) is 6.18 Å². The van der Waals surface area contributed by atoms with Gasteiger partial charge in [0.1, 0.15) is 6.10 Å². The van der Waals surface area contributed by atoms with Crippen LogP contribution in [0.4, 0.5) is 13.2 Å². The van der Waals surface area contributed by atoms with Crippen LogP contribution in [0.3, 0.4) is 0 Å². The first-order valence-corrected chi connectivity index (χ1v) is 5.49. The van der Waals surface area contributed by atoms with Crippen molar-refractivity contribution in [1.82, 2.24) is 14.9 Å². The Morgan fingerprint density at radius 2 is 2.00 bits per heavy atom. The zero-order chi connectivity index (χ0) is 13.9. The summed E-state index contributed by atoms with van der Waals surface area (Å²) in [6.07, 6.45) is -4.89. The minimum absolute atomic E-state index is 0.184. The van der Waals surface area contributed by atoms with E-state index in [2.05, 4.69) is 9.97 Å². The molecule has 8 heteroatoms. The van der Waals surface area contributed by atoms with Gasteiger partial charge >= 0.3 is 6.18 Å². The molecule has 4 nitrogen and oxygen atoms in total. The fraction of sp³-hybridized carbons (Fsp3) is 0.600. The highest BCUT2D eigenvalue weighted by Gasteiger charge is 2.34. The number of aromatic nitrogens is 2. The molecule has 0 N–H and O–H groups in total. The Morgan fingerprint density at radius 1 is 1.39 bits per heavy atom. The van der Waals surface area contributed by atoms with Crippen molar-refractivity contribution in [2.45, 2.75) is 19.2 Å². The Hall–Kier alpha value is -1.08. The lowest BCUT2D eigenvalue weighted by Gasteiger charge is -2.18. The first kappa shape index (κ1) is 15.0. The lowest BCUT2D eigenvalue weighted by atomic mass is 10.3. The molecule has 0 saturated heterocycles. The van der Waals surface area contributed by atoms with Crippen molar-refractivity contribution in [3.63, 3.8) is 0 Å². The van der Waals surface area contributed by atoms with Gasteiger partial charge in [-0.15, -0.1) is 0 Å². The molecule has 1 atom stereocenters. The van der Waals surface area contributed by atoms with E-state index in [4.69, 9.17) is 16.3 Å². The number of nitrogens with zero attached hydrogens (tertiary/aromatic N) is 3. The second-order valence-electron chi connectivity index (χ2n) is 4.05. The van der Waals surface area contributed by atoms with Crippen LogP contribution in [0.15, 0.2) is 6.07 Å². The van der Waals surface area contributed by atoms with Crippen molar-refractivity contribution in [2.75, 3.05) is 20.6 Å². The number of ether oxygens (including phenoxy) is 1. The average Bonchev–Trinajstić information content (AvgIpc) is 2.13. The van der Waals surface area contributed by atoms with Crippen LogP contribution < -0.4 is 4.74 Å². The topological polar surface area (TPSA) is 38.2 Å². The summed E-state index contributed by atoms with van der Waals surface area (Å²) in [4.78, 5) is 8.57. The number of alkyl halides is 3. The molecular weight excluding hydrogens is 271 g/mol. The van der Waals surface area contributed by atoms with Crippen molar-refractivity contribution in [1.29, 1.82) is 0 Å². The van der Waals surface area contributed by atoms with E-state index in [0.29, 0.717) is 6.54 Å². The summed E-state index contributed by atoms with van der Waals surface area (Å²) < 4.78 is 42.7. The van der Waals surface area contributed by atoms with Gasteiger partial charge in [0.05, 0.1) is 0 Å². The molecule has 0 spiro atoms. The predicted octanol–water partition coefficient (Wildman–Crippen LogP) is 2.48. The molecule has 0 amide bonds. The Kier molecular flexibility index (Phi) is 4.75. The Labute approximate surface area is 108 Å². The van der Waals surface area contributed by atoms with Gasteiger partial charge in [0.2, 0.25) is 11.2 Å². The highest BCUT2D eigenvalue weighted by Crippen LogP contribution is 2.30. The summed E-state index contributed by atoms with van der Waals surface area (Å²) >= 11 is 5.43. The predicted molar refractivity (Wildman–Crippen MR) is 60.7 cm³/mol. The summed E-state index contributed by atoms with van der Waals surface area (Å²) in [5.41, 5.74) is -1.12. The van der Waals surface area contributed by atoms with Gasteiger partial charge in [0.25, 0.3) is 0 Å². The van der Waals surface area contributed by atoms with E-state index in [1.165, 1.54) is 0 Å². The molecule has 0 aliphatic carbocycles. The molecule has 0 aromatic carbocycles. The van der Waals surface area contributed by atoms with Gasteiger partial charge in [-0.3, -0.25) is 0 Å². The molecule has 18 heavy (non-hydrogen) atoms. The Balaban J connectivity index is 2.87. The van der Waals surface area contributed by atoms with Crippen LogP contribution in [0, 0.1) is 0 Å². The molecule has 0 radical (unpaired) electrons. The summed E-state index contributed by atoms with van der Waals surface area (Å²) in [5, 5.41) is -0.489. The van der Waals surface area contributed by atoms with E-state index in [9.17, 15) is 13.2 Å². The van der Waals surface area contributed by atoms with E-state index in [-0.39, 0.29) is 12.0 Å². The molecule has 102 valence electrons. The molecule has 1 heterocycles. The summed E-state index contributed by atoms with van der Waals surface area (Å²) in [6.45, 7) is 2.27. The van der Waals surface area contributed by atoms with E-state index < -0.39 is 17.2 Å². The van der Waals surface area contributed by atoms with Crippen molar-refractivity contribution in [3.8, 4) is 5.88 Å². The minimum Gasteiger partial charge on any atom is -0.473 e. The molecule has 1 aromatic rings. The third-order valence-corrected chi connectivity index (χ3v) is 2.08. The van der Waals surface area contributed by atoms with E-state index in [0.717, 1.165) is 6.07 Å². The van der Waals surface area contributed by atoms with E-state index >= 15 is 0 Å². The smallest absolute Gasteiger partial charge is 0.433 e. The van der Waals surface area contributed by atoms with Crippen molar-refractivity contribution in [2.24, 2.45) is 0 Å². The zero-order valence-corrected chi connectivity index (χ0v) is 10.9. The molecule has 0 aliphatic rings. The zero-order valence-electron chi connectivity index (χ0n) is 10.1. The highest BCUT2D eigenvalue weighted by atomic mass is 35.5. The monoisotopic (exact) mass is 283 g/mol. The maximum atomic E-state index is 12.5. The summed E-state index contributed by atoms with van der Waals surface area (Å²) in [7, 11) is 3.65. The Bertz CT molecular complexity index is 412. The van der Waals surface area contributed by atoms with Gasteiger partial charge in [-0.05, 0) is 32.6 Å². The van der Waals surface area contributed by atoms with Crippen LogP contribution in [0.25, 0.3) is 0 Å². The van der Waals surface area contributed by atoms with Gasteiger partial charge in [0.15, 0.2) is 5.69 Å². The second kappa shape index (κ2) is 5.71. The molecule has 1 rings (SSSR count). The van der Waals surface area contributed by atoms with Gasteiger partial charge in [-0.1, -0.05) is 0 Å². The first-order valence-electron chi connectivity index (χ1n) is 5.11. The normalized spacial score (nSPS) is 13.8. The third kappa shape index (κ3) is 4.66. The van der Waals surface area contributed by atoms with Crippen molar-refractivity contribution in [3.05, 3.63) is 17.0 Å².